The van der Waals surface area contributed by atoms with Crippen molar-refractivity contribution < 1.29 is 13.5 Å². The van der Waals surface area contributed by atoms with Gasteiger partial charge >= 0.3 is 0 Å². The molecule has 2 aromatic rings. The summed E-state index contributed by atoms with van der Waals surface area (Å²) in [4.78, 5) is 3.53. The van der Waals surface area contributed by atoms with Crippen LogP contribution in [0.1, 0.15) is 23.9 Å². The van der Waals surface area contributed by atoms with Gasteiger partial charge in [-0.15, -0.1) is 0 Å². The molecule has 1 aromatic heterocycles. The average Bonchev–Trinajstić information content (AvgIpc) is 2.88. The van der Waals surface area contributed by atoms with Gasteiger partial charge in [0.1, 0.15) is 6.33 Å². The first-order valence-electron chi connectivity index (χ1n) is 5.77. The van der Waals surface area contributed by atoms with Crippen LogP contribution >= 0.6 is 11.6 Å². The van der Waals surface area contributed by atoms with Crippen molar-refractivity contribution >= 4 is 11.6 Å². The number of alkyl halides is 2. The zero-order chi connectivity index (χ0) is 14.7. The van der Waals surface area contributed by atoms with Crippen LogP contribution in [-0.2, 0) is 4.74 Å². The monoisotopic (exact) mass is 302 g/mol. The van der Waals surface area contributed by atoms with Crippen molar-refractivity contribution in [2.75, 3.05) is 13.7 Å². The minimum atomic E-state index is -2.75. The second-order valence-electron chi connectivity index (χ2n) is 4.10. The average molecular weight is 303 g/mol. The van der Waals surface area contributed by atoms with Crippen LogP contribution in [0.5, 0.6) is 0 Å². The number of nitrogens with two attached hydrogens (primary N) is 1. The highest BCUT2D eigenvalue weighted by atomic mass is 35.5. The Morgan fingerprint density at radius 3 is 2.85 bits per heavy atom. The van der Waals surface area contributed by atoms with E-state index >= 15 is 0 Å². The molecule has 0 spiro atoms. The smallest absolute Gasteiger partial charge is 0.297 e. The van der Waals surface area contributed by atoms with Crippen molar-refractivity contribution in [3.63, 3.8) is 0 Å². The van der Waals surface area contributed by atoms with Gasteiger partial charge in [-0.1, -0.05) is 17.7 Å². The largest absolute Gasteiger partial charge is 0.383 e. The van der Waals surface area contributed by atoms with E-state index in [0.29, 0.717) is 17.9 Å². The molecule has 0 bridgehead atoms. The van der Waals surface area contributed by atoms with E-state index in [2.05, 4.69) is 10.1 Å². The summed E-state index contributed by atoms with van der Waals surface area (Å²) < 4.78 is 31.7. The van der Waals surface area contributed by atoms with Crippen LogP contribution in [0.3, 0.4) is 0 Å². The number of halogens is 3. The van der Waals surface area contributed by atoms with Gasteiger partial charge in [0.2, 0.25) is 0 Å². The summed E-state index contributed by atoms with van der Waals surface area (Å²) in [6, 6.07) is 4.52. The van der Waals surface area contributed by atoms with E-state index in [1.807, 2.05) is 0 Å². The molecule has 0 saturated heterocycles. The number of rotatable bonds is 5. The van der Waals surface area contributed by atoms with Crippen molar-refractivity contribution in [3.05, 3.63) is 40.9 Å². The Labute approximate surface area is 119 Å². The van der Waals surface area contributed by atoms with Crippen molar-refractivity contribution in [2.24, 2.45) is 5.73 Å². The van der Waals surface area contributed by atoms with Crippen LogP contribution in [0, 0.1) is 0 Å². The number of nitrogens with zero attached hydrogens (tertiary/aromatic N) is 3. The van der Waals surface area contributed by atoms with Crippen molar-refractivity contribution in [2.45, 2.75) is 12.5 Å². The quantitative estimate of drug-likeness (QED) is 0.921. The number of benzene rings is 1. The molecule has 0 aliphatic rings. The molecular formula is C12H13ClF2N4O. The second-order valence-corrected chi connectivity index (χ2v) is 4.51. The van der Waals surface area contributed by atoms with Gasteiger partial charge in [0.15, 0.2) is 5.82 Å². The summed E-state index contributed by atoms with van der Waals surface area (Å²) >= 11 is 6.04. The number of hydrogen-bond acceptors (Lipinski definition) is 4. The number of hydrogen-bond donors (Lipinski definition) is 1. The standard InChI is InChI=1S/C12H13ClF2N4O/c1-20-5-9(16)7-2-3-8(13)10(4-7)19-12(11(14)15)17-6-18-19/h2-4,6,9,11H,5,16H2,1H3. The van der Waals surface area contributed by atoms with E-state index in [1.54, 1.807) is 18.2 Å². The van der Waals surface area contributed by atoms with Gasteiger partial charge in [0.25, 0.3) is 6.43 Å². The lowest BCUT2D eigenvalue weighted by Crippen LogP contribution is -2.16. The molecule has 1 heterocycles. The van der Waals surface area contributed by atoms with Crippen LogP contribution in [0.25, 0.3) is 5.69 Å². The van der Waals surface area contributed by atoms with Crippen LogP contribution < -0.4 is 5.73 Å². The molecule has 0 saturated carbocycles. The third-order valence-corrected chi connectivity index (χ3v) is 3.06. The van der Waals surface area contributed by atoms with Gasteiger partial charge in [0, 0.05) is 7.11 Å². The maximum absolute atomic E-state index is 12.8. The highest BCUT2D eigenvalue weighted by Gasteiger charge is 2.19. The maximum Gasteiger partial charge on any atom is 0.297 e. The Kier molecular flexibility index (Phi) is 4.64. The van der Waals surface area contributed by atoms with E-state index in [9.17, 15) is 8.78 Å². The zero-order valence-corrected chi connectivity index (χ0v) is 11.4. The van der Waals surface area contributed by atoms with Crippen molar-refractivity contribution in [3.8, 4) is 5.69 Å². The summed E-state index contributed by atoms with van der Waals surface area (Å²) in [7, 11) is 1.53. The molecule has 5 nitrogen and oxygen atoms in total. The first-order chi connectivity index (χ1) is 9.54. The molecule has 0 aliphatic carbocycles. The summed E-state index contributed by atoms with van der Waals surface area (Å²) in [6.45, 7) is 0.306. The normalized spacial score (nSPS) is 12.9. The summed E-state index contributed by atoms with van der Waals surface area (Å²) in [5.74, 6) is -0.468. The number of aromatic nitrogens is 3. The number of methoxy groups -OCH3 is 1. The Morgan fingerprint density at radius 1 is 1.45 bits per heavy atom. The summed E-state index contributed by atoms with van der Waals surface area (Å²) in [6.07, 6.45) is -1.69. The molecule has 1 atom stereocenters. The lowest BCUT2D eigenvalue weighted by molar-refractivity contribution is 0.137. The third-order valence-electron chi connectivity index (χ3n) is 2.74. The van der Waals surface area contributed by atoms with Crippen LogP contribution in [0.4, 0.5) is 8.78 Å². The minimum absolute atomic E-state index is 0.283. The molecule has 0 radical (unpaired) electrons. The molecule has 2 N–H and O–H groups in total. The van der Waals surface area contributed by atoms with Gasteiger partial charge in [-0.25, -0.2) is 18.4 Å². The van der Waals surface area contributed by atoms with Gasteiger partial charge in [-0.3, -0.25) is 0 Å². The molecule has 108 valence electrons. The SMILES string of the molecule is COCC(N)c1ccc(Cl)c(-n2ncnc2C(F)F)c1. The molecule has 2 rings (SSSR count). The molecule has 1 aromatic carbocycles. The molecular weight excluding hydrogens is 290 g/mol. The molecule has 8 heteroatoms. The van der Waals surface area contributed by atoms with Crippen LogP contribution in [0.2, 0.25) is 5.02 Å². The van der Waals surface area contributed by atoms with Gasteiger partial charge in [-0.2, -0.15) is 5.10 Å². The van der Waals surface area contributed by atoms with Crippen molar-refractivity contribution in [1.82, 2.24) is 14.8 Å². The second kappa shape index (κ2) is 6.25. The van der Waals surface area contributed by atoms with E-state index in [4.69, 9.17) is 22.1 Å². The highest BCUT2D eigenvalue weighted by Crippen LogP contribution is 2.27. The molecule has 20 heavy (non-hydrogen) atoms. The Balaban J connectivity index is 2.45. The fourth-order valence-corrected chi connectivity index (χ4v) is 1.98. The summed E-state index contributed by atoms with van der Waals surface area (Å²) in [5.41, 5.74) is 6.93. The minimum Gasteiger partial charge on any atom is -0.383 e. The Hall–Kier alpha value is -1.57. The lowest BCUT2D eigenvalue weighted by atomic mass is 10.1. The van der Waals surface area contributed by atoms with Crippen LogP contribution in [0.15, 0.2) is 24.5 Å². The number of ether oxygens (including phenoxy) is 1. The highest BCUT2D eigenvalue weighted by molar-refractivity contribution is 6.32. The fraction of sp³-hybridized carbons (Fsp3) is 0.333. The maximum atomic E-state index is 12.8. The Bertz CT molecular complexity index is 591. The first kappa shape index (κ1) is 14.8. The van der Waals surface area contributed by atoms with E-state index in [1.165, 1.54) is 7.11 Å². The van der Waals surface area contributed by atoms with E-state index in [-0.39, 0.29) is 11.1 Å². The molecule has 0 amide bonds. The molecule has 0 aliphatic heterocycles. The first-order valence-corrected chi connectivity index (χ1v) is 6.14. The predicted octanol–water partition coefficient (Wildman–Crippen LogP) is 2.50. The van der Waals surface area contributed by atoms with Gasteiger partial charge < -0.3 is 10.5 Å². The third kappa shape index (κ3) is 2.95. The van der Waals surface area contributed by atoms with Gasteiger partial charge in [-0.05, 0) is 17.7 Å². The fourth-order valence-electron chi connectivity index (χ4n) is 1.78. The predicted molar refractivity (Wildman–Crippen MR) is 70.1 cm³/mol. The van der Waals surface area contributed by atoms with E-state index < -0.39 is 12.2 Å². The van der Waals surface area contributed by atoms with Crippen LogP contribution in [-0.4, -0.2) is 28.5 Å². The zero-order valence-electron chi connectivity index (χ0n) is 10.6. The summed E-state index contributed by atoms with van der Waals surface area (Å²) in [5, 5.41) is 4.07. The van der Waals surface area contributed by atoms with E-state index in [0.717, 1.165) is 11.0 Å². The topological polar surface area (TPSA) is 66.0 Å². The molecule has 1 unspecified atom stereocenters. The molecule has 0 fully saturated rings. The lowest BCUT2D eigenvalue weighted by Gasteiger charge is -2.14. The van der Waals surface area contributed by atoms with Gasteiger partial charge in [0.05, 0.1) is 23.4 Å². The Morgan fingerprint density at radius 2 is 2.20 bits per heavy atom. The van der Waals surface area contributed by atoms with Crippen molar-refractivity contribution in [1.29, 1.82) is 0 Å².